The maximum Gasteiger partial charge on any atom is 0.151 e. The van der Waals surface area contributed by atoms with Gasteiger partial charge in [0.2, 0.25) is 0 Å². The summed E-state index contributed by atoms with van der Waals surface area (Å²) >= 11 is -1.07. The van der Waals surface area contributed by atoms with Crippen LogP contribution in [0.5, 0.6) is 0 Å². The highest BCUT2D eigenvalue weighted by atomic mass is 32.2. The smallest absolute Gasteiger partial charge is 0.151 e. The minimum atomic E-state index is -1.07. The van der Waals surface area contributed by atoms with Crippen molar-refractivity contribution in [2.24, 2.45) is 5.73 Å². The van der Waals surface area contributed by atoms with Gasteiger partial charge in [0, 0.05) is 12.7 Å². The van der Waals surface area contributed by atoms with Gasteiger partial charge in [-0.3, -0.25) is 4.18 Å². The van der Waals surface area contributed by atoms with Gasteiger partial charge >= 0.3 is 0 Å². The Bertz CT molecular complexity index is 103. The van der Waals surface area contributed by atoms with Crippen molar-refractivity contribution < 1.29 is 13.2 Å². The lowest BCUT2D eigenvalue weighted by Gasteiger charge is -1.78. The maximum absolute atomic E-state index is 9.81. The summed E-state index contributed by atoms with van der Waals surface area (Å²) in [6.07, 6.45) is 2.14. The van der Waals surface area contributed by atoms with E-state index in [0.717, 1.165) is 0 Å². The molecule has 0 saturated carbocycles. The molecular formula is C7H19NO3S. The Morgan fingerprint density at radius 2 is 1.67 bits per heavy atom. The first-order valence-corrected chi connectivity index (χ1v) is 4.98. The minimum absolute atomic E-state index is 0.255. The van der Waals surface area contributed by atoms with Gasteiger partial charge in [-0.1, -0.05) is 6.92 Å². The molecule has 1 atom stereocenters. The van der Waals surface area contributed by atoms with E-state index in [4.69, 9.17) is 0 Å². The Hall–Kier alpha value is -0.260. The summed E-state index contributed by atoms with van der Waals surface area (Å²) in [6, 6.07) is 0. The second-order valence-electron chi connectivity index (χ2n) is 1.62. The molecule has 0 rings (SSSR count). The van der Waals surface area contributed by atoms with Crippen LogP contribution in [0.25, 0.3) is 0 Å². The Morgan fingerprint density at radius 1 is 1.50 bits per heavy atom. The van der Waals surface area contributed by atoms with Crippen LogP contribution in [-0.4, -0.2) is 30.4 Å². The highest BCUT2D eigenvalue weighted by molar-refractivity contribution is 7.79. The molecular weight excluding hydrogens is 178 g/mol. The Balaban J connectivity index is -0.000000112. The number of rotatable bonds is 2. The van der Waals surface area contributed by atoms with Gasteiger partial charge in [-0.05, 0) is 14.0 Å². The van der Waals surface area contributed by atoms with Crippen LogP contribution in [0.2, 0.25) is 0 Å². The molecule has 5 heteroatoms. The number of ketones is 1. The summed E-state index contributed by atoms with van der Waals surface area (Å²) in [7, 11) is 2.90. The molecule has 76 valence electrons. The first kappa shape index (κ1) is 17.7. The fourth-order valence-corrected chi connectivity index (χ4v) is 0. The molecule has 0 saturated heterocycles. The Kier molecular flexibility index (Phi) is 25.1. The molecule has 0 aliphatic heterocycles. The number of Topliss-reactive ketones (excluding diaryl/α,β-unsaturated/α-hetero) is 1. The summed E-state index contributed by atoms with van der Waals surface area (Å²) < 4.78 is 13.9. The predicted molar refractivity (Wildman–Crippen MR) is 52.2 cm³/mol. The van der Waals surface area contributed by atoms with Gasteiger partial charge in [0.1, 0.15) is 5.78 Å². The molecule has 0 spiro atoms. The SMILES string of the molecule is CCC(C)=O.CN.COS(C)=O. The molecule has 2 N–H and O–H groups in total. The van der Waals surface area contributed by atoms with Crippen LogP contribution >= 0.6 is 0 Å². The average molecular weight is 197 g/mol. The summed E-state index contributed by atoms with van der Waals surface area (Å²) in [5.41, 5.74) is 4.50. The third-order valence-electron chi connectivity index (χ3n) is 0.733. The van der Waals surface area contributed by atoms with E-state index in [1.807, 2.05) is 6.92 Å². The third-order valence-corrected chi connectivity index (χ3v) is 1.20. The summed E-state index contributed by atoms with van der Waals surface area (Å²) in [4.78, 5) is 9.81. The Morgan fingerprint density at radius 3 is 1.67 bits per heavy atom. The van der Waals surface area contributed by atoms with Gasteiger partial charge in [-0.15, -0.1) is 0 Å². The number of carbonyl (C=O) groups excluding carboxylic acids is 1. The van der Waals surface area contributed by atoms with Crippen LogP contribution in [0.3, 0.4) is 0 Å². The highest BCUT2D eigenvalue weighted by Crippen LogP contribution is 1.71. The van der Waals surface area contributed by atoms with E-state index < -0.39 is 11.1 Å². The molecule has 0 aromatic heterocycles. The zero-order valence-electron chi connectivity index (χ0n) is 8.42. The standard InChI is InChI=1S/C4H8O.C2H6O2S.CH5N/c1-3-4(2)5;1-4-5(2)3;1-2/h3H2,1-2H3;1-2H3;2H2,1H3. The number of nitrogens with two attached hydrogens (primary N) is 1. The minimum Gasteiger partial charge on any atom is -0.333 e. The summed E-state index contributed by atoms with van der Waals surface area (Å²) in [5, 5.41) is 0. The molecule has 0 radical (unpaired) electrons. The van der Waals surface area contributed by atoms with E-state index >= 15 is 0 Å². The van der Waals surface area contributed by atoms with E-state index in [1.165, 1.54) is 20.4 Å². The lowest BCUT2D eigenvalue weighted by molar-refractivity contribution is -0.116. The molecule has 0 aliphatic carbocycles. The summed E-state index contributed by atoms with van der Waals surface area (Å²) in [6.45, 7) is 3.43. The van der Waals surface area contributed by atoms with Crippen molar-refractivity contribution in [1.82, 2.24) is 0 Å². The average Bonchev–Trinajstić information content (AvgIpc) is 2.09. The fraction of sp³-hybridized carbons (Fsp3) is 0.857. The van der Waals surface area contributed by atoms with Crippen molar-refractivity contribution in [3.05, 3.63) is 0 Å². The number of hydrogen-bond acceptors (Lipinski definition) is 4. The molecule has 0 aliphatic rings. The van der Waals surface area contributed by atoms with Crippen LogP contribution < -0.4 is 5.73 Å². The molecule has 1 unspecified atom stereocenters. The molecule has 0 fully saturated rings. The quantitative estimate of drug-likeness (QED) is 0.699. The molecule has 0 bridgehead atoms. The van der Waals surface area contributed by atoms with Gasteiger partial charge in [-0.25, -0.2) is 4.21 Å². The maximum atomic E-state index is 9.81. The first-order valence-electron chi connectivity index (χ1n) is 3.49. The second kappa shape index (κ2) is 17.0. The van der Waals surface area contributed by atoms with Crippen LogP contribution in [0.15, 0.2) is 0 Å². The van der Waals surface area contributed by atoms with Gasteiger partial charge in [-0.2, -0.15) is 0 Å². The van der Waals surface area contributed by atoms with Gasteiger partial charge < -0.3 is 10.5 Å². The van der Waals surface area contributed by atoms with Gasteiger partial charge in [0.25, 0.3) is 0 Å². The van der Waals surface area contributed by atoms with Crippen molar-refractivity contribution in [2.75, 3.05) is 20.4 Å². The molecule has 0 aromatic carbocycles. The highest BCUT2D eigenvalue weighted by Gasteiger charge is 1.76. The molecule has 0 heterocycles. The Labute approximate surface area is 77.1 Å². The van der Waals surface area contributed by atoms with E-state index in [1.54, 1.807) is 6.92 Å². The van der Waals surface area contributed by atoms with Crippen molar-refractivity contribution in [3.63, 3.8) is 0 Å². The van der Waals surface area contributed by atoms with Gasteiger partial charge in [0.05, 0.1) is 7.11 Å². The predicted octanol–water partition coefficient (Wildman–Crippen LogP) is 0.487. The van der Waals surface area contributed by atoms with Crippen molar-refractivity contribution in [2.45, 2.75) is 20.3 Å². The first-order chi connectivity index (χ1) is 5.54. The van der Waals surface area contributed by atoms with E-state index in [2.05, 4.69) is 9.92 Å². The lowest BCUT2D eigenvalue weighted by Crippen LogP contribution is -1.83. The zero-order valence-corrected chi connectivity index (χ0v) is 9.23. The van der Waals surface area contributed by atoms with E-state index in [-0.39, 0.29) is 5.78 Å². The van der Waals surface area contributed by atoms with E-state index in [9.17, 15) is 9.00 Å². The van der Waals surface area contributed by atoms with Crippen LogP contribution in [0.4, 0.5) is 0 Å². The van der Waals surface area contributed by atoms with Crippen LogP contribution in [-0.2, 0) is 20.1 Å². The lowest BCUT2D eigenvalue weighted by atomic mass is 10.4. The van der Waals surface area contributed by atoms with Crippen molar-refractivity contribution in [1.29, 1.82) is 0 Å². The van der Waals surface area contributed by atoms with Crippen molar-refractivity contribution in [3.8, 4) is 0 Å². The summed E-state index contributed by atoms with van der Waals surface area (Å²) in [5.74, 6) is 0.255. The third kappa shape index (κ3) is 53.2. The topological polar surface area (TPSA) is 69.4 Å². The number of carbonyl (C=O) groups is 1. The molecule has 0 amide bonds. The van der Waals surface area contributed by atoms with Crippen LogP contribution in [0, 0.1) is 0 Å². The number of hydrogen-bond donors (Lipinski definition) is 1. The molecule has 0 aromatic rings. The second-order valence-corrected chi connectivity index (χ2v) is 2.76. The van der Waals surface area contributed by atoms with Crippen molar-refractivity contribution >= 4 is 16.9 Å². The van der Waals surface area contributed by atoms with Crippen LogP contribution in [0.1, 0.15) is 20.3 Å². The fourth-order valence-electron chi connectivity index (χ4n) is 0. The normalized spacial score (nSPS) is 9.83. The molecule has 4 nitrogen and oxygen atoms in total. The largest absolute Gasteiger partial charge is 0.333 e. The zero-order chi connectivity index (χ0) is 10.6. The molecule has 12 heavy (non-hydrogen) atoms. The van der Waals surface area contributed by atoms with E-state index in [0.29, 0.717) is 6.42 Å². The monoisotopic (exact) mass is 197 g/mol. The van der Waals surface area contributed by atoms with Gasteiger partial charge in [0.15, 0.2) is 11.1 Å².